The molecule has 6 nitrogen and oxygen atoms in total. The Morgan fingerprint density at radius 1 is 1.10 bits per heavy atom. The number of amides is 1. The highest BCUT2D eigenvalue weighted by Crippen LogP contribution is 2.26. The number of hydrogen-bond donors (Lipinski definition) is 1. The number of hydrogen-bond acceptors (Lipinski definition) is 6. The Morgan fingerprint density at radius 2 is 1.80 bits per heavy atom. The second kappa shape index (κ2) is 9.23. The highest BCUT2D eigenvalue weighted by Gasteiger charge is 2.16. The molecule has 0 fully saturated rings. The van der Waals surface area contributed by atoms with Crippen molar-refractivity contribution in [1.82, 2.24) is 25.1 Å². The normalized spacial score (nSPS) is 11.9. The van der Waals surface area contributed by atoms with Gasteiger partial charge in [0, 0.05) is 11.1 Å². The molecule has 0 bridgehead atoms. The summed E-state index contributed by atoms with van der Waals surface area (Å²) in [6, 6.07) is 19.8. The first kappa shape index (κ1) is 20.3. The molecular formula is C22H21N5OS2. The van der Waals surface area contributed by atoms with Crippen LogP contribution in [0.5, 0.6) is 0 Å². The van der Waals surface area contributed by atoms with Crippen molar-refractivity contribution >= 4 is 29.0 Å². The van der Waals surface area contributed by atoms with Gasteiger partial charge in [-0.15, -0.1) is 21.5 Å². The lowest BCUT2D eigenvalue weighted by molar-refractivity contribution is 0.0935. The van der Waals surface area contributed by atoms with Crippen LogP contribution in [0.2, 0.25) is 0 Å². The van der Waals surface area contributed by atoms with E-state index >= 15 is 0 Å². The summed E-state index contributed by atoms with van der Waals surface area (Å²) in [7, 11) is 0. The van der Waals surface area contributed by atoms with Gasteiger partial charge < -0.3 is 5.32 Å². The monoisotopic (exact) mass is 435 g/mol. The molecule has 1 unspecified atom stereocenters. The number of thiazole rings is 1. The summed E-state index contributed by atoms with van der Waals surface area (Å²) in [6.07, 6.45) is 0. The Bertz CT molecular complexity index is 1120. The molecule has 0 aliphatic carbocycles. The van der Waals surface area contributed by atoms with Crippen molar-refractivity contribution in [3.05, 3.63) is 88.1 Å². The molecule has 0 spiro atoms. The van der Waals surface area contributed by atoms with Crippen LogP contribution in [-0.4, -0.2) is 25.7 Å². The molecule has 0 saturated carbocycles. The lowest BCUT2D eigenvalue weighted by atomic mass is 10.1. The maximum absolute atomic E-state index is 12.6. The second-order valence-corrected chi connectivity index (χ2v) is 8.61. The zero-order valence-electron chi connectivity index (χ0n) is 16.6. The average molecular weight is 436 g/mol. The molecule has 2 aromatic carbocycles. The molecule has 0 saturated heterocycles. The zero-order chi connectivity index (χ0) is 20.9. The molecule has 1 amide bonds. The molecule has 0 aliphatic heterocycles. The van der Waals surface area contributed by atoms with Gasteiger partial charge in [-0.1, -0.05) is 60.3 Å². The number of nitrogens with zero attached hydrogens (tertiary/aromatic N) is 4. The van der Waals surface area contributed by atoms with Crippen molar-refractivity contribution in [3.8, 4) is 5.69 Å². The minimum atomic E-state index is -0.165. The third kappa shape index (κ3) is 4.60. The summed E-state index contributed by atoms with van der Waals surface area (Å²) in [5.74, 6) is 1.29. The summed E-state index contributed by atoms with van der Waals surface area (Å²) < 4.78 is 2.02. The summed E-state index contributed by atoms with van der Waals surface area (Å²) in [6.45, 7) is 3.90. The Hall–Kier alpha value is -2.97. The fourth-order valence-electron chi connectivity index (χ4n) is 3.01. The molecule has 1 N–H and O–H groups in total. The quantitative estimate of drug-likeness (QED) is 0.422. The lowest BCUT2D eigenvalue weighted by Gasteiger charge is -2.13. The van der Waals surface area contributed by atoms with E-state index in [9.17, 15) is 4.79 Å². The van der Waals surface area contributed by atoms with Crippen LogP contribution >= 0.6 is 23.1 Å². The highest BCUT2D eigenvalue weighted by atomic mass is 32.2. The fourth-order valence-corrected chi connectivity index (χ4v) is 4.80. The van der Waals surface area contributed by atoms with Gasteiger partial charge in [0.1, 0.15) is 16.5 Å². The average Bonchev–Trinajstić information content (AvgIpc) is 3.40. The minimum Gasteiger partial charge on any atom is -0.344 e. The number of aryl methyl sites for hydroxylation is 1. The molecule has 4 aromatic rings. The Kier molecular flexibility index (Phi) is 6.25. The van der Waals surface area contributed by atoms with Crippen LogP contribution in [0.1, 0.15) is 39.8 Å². The molecule has 30 heavy (non-hydrogen) atoms. The molecule has 1 atom stereocenters. The van der Waals surface area contributed by atoms with Crippen LogP contribution in [0, 0.1) is 6.92 Å². The first-order chi connectivity index (χ1) is 14.6. The number of nitrogens with one attached hydrogen (secondary N) is 1. The van der Waals surface area contributed by atoms with E-state index in [-0.39, 0.29) is 11.9 Å². The van der Waals surface area contributed by atoms with Crippen molar-refractivity contribution in [2.75, 3.05) is 0 Å². The van der Waals surface area contributed by atoms with Gasteiger partial charge in [-0.2, -0.15) is 0 Å². The molecule has 4 rings (SSSR count). The zero-order valence-corrected chi connectivity index (χ0v) is 18.3. The van der Waals surface area contributed by atoms with Gasteiger partial charge >= 0.3 is 0 Å². The van der Waals surface area contributed by atoms with Gasteiger partial charge in [0.2, 0.25) is 0 Å². The fraction of sp³-hybridized carbons (Fsp3) is 0.182. The number of para-hydroxylation sites is 1. The van der Waals surface area contributed by atoms with Gasteiger partial charge in [-0.05, 0) is 31.5 Å². The third-order valence-electron chi connectivity index (χ3n) is 4.57. The topological polar surface area (TPSA) is 72.7 Å². The SMILES string of the molecule is Cc1nnc(SCc2nc(C(=O)NC(C)c3ccccc3)cs2)n1-c1ccccc1. The van der Waals surface area contributed by atoms with Crippen LogP contribution in [0.25, 0.3) is 5.69 Å². The molecule has 0 aliphatic rings. The molecule has 152 valence electrons. The van der Waals surface area contributed by atoms with E-state index < -0.39 is 0 Å². The number of carbonyl (C=O) groups is 1. The predicted molar refractivity (Wildman–Crippen MR) is 120 cm³/mol. The van der Waals surface area contributed by atoms with Gasteiger partial charge in [0.15, 0.2) is 5.16 Å². The second-order valence-electron chi connectivity index (χ2n) is 6.72. The van der Waals surface area contributed by atoms with Crippen molar-refractivity contribution in [3.63, 3.8) is 0 Å². The van der Waals surface area contributed by atoms with Crippen LogP contribution in [0.15, 0.2) is 71.2 Å². The Labute approximate surface area is 183 Å². The van der Waals surface area contributed by atoms with E-state index in [0.717, 1.165) is 27.2 Å². The third-order valence-corrected chi connectivity index (χ3v) is 6.54. The standard InChI is InChI=1S/C22H21N5OS2/c1-15(17-9-5-3-6-10-17)23-21(28)19-13-29-20(24-19)14-30-22-26-25-16(2)27(22)18-11-7-4-8-12-18/h3-13,15H,14H2,1-2H3,(H,23,28). The van der Waals surface area contributed by atoms with Crippen molar-refractivity contribution in [2.45, 2.75) is 30.8 Å². The van der Waals surface area contributed by atoms with Crippen molar-refractivity contribution < 1.29 is 4.79 Å². The first-order valence-corrected chi connectivity index (χ1v) is 11.4. The van der Waals surface area contributed by atoms with E-state index in [1.165, 1.54) is 11.3 Å². The van der Waals surface area contributed by atoms with E-state index in [4.69, 9.17) is 0 Å². The predicted octanol–water partition coefficient (Wildman–Crippen LogP) is 4.82. The van der Waals surface area contributed by atoms with E-state index in [2.05, 4.69) is 20.5 Å². The van der Waals surface area contributed by atoms with E-state index in [0.29, 0.717) is 11.4 Å². The molecule has 2 heterocycles. The summed E-state index contributed by atoms with van der Waals surface area (Å²) in [5, 5.41) is 15.0. The molecule has 2 aromatic heterocycles. The van der Waals surface area contributed by atoms with Crippen LogP contribution < -0.4 is 5.32 Å². The number of carbonyl (C=O) groups excluding carboxylic acids is 1. The summed E-state index contributed by atoms with van der Waals surface area (Å²) in [4.78, 5) is 17.1. The number of thioether (sulfide) groups is 1. The maximum Gasteiger partial charge on any atom is 0.271 e. The van der Waals surface area contributed by atoms with Gasteiger partial charge in [0.05, 0.1) is 11.8 Å². The maximum atomic E-state index is 12.6. The molecular weight excluding hydrogens is 414 g/mol. The van der Waals surface area contributed by atoms with Crippen LogP contribution in [-0.2, 0) is 5.75 Å². The lowest BCUT2D eigenvalue weighted by Crippen LogP contribution is -2.26. The minimum absolute atomic E-state index is 0.0781. The number of aromatic nitrogens is 4. The van der Waals surface area contributed by atoms with Crippen LogP contribution in [0.3, 0.4) is 0 Å². The summed E-state index contributed by atoms with van der Waals surface area (Å²) in [5.41, 5.74) is 2.53. The van der Waals surface area contributed by atoms with Gasteiger partial charge in [0.25, 0.3) is 5.91 Å². The number of rotatable bonds is 7. The first-order valence-electron chi connectivity index (χ1n) is 9.52. The molecule has 8 heteroatoms. The molecule has 0 radical (unpaired) electrons. The highest BCUT2D eigenvalue weighted by molar-refractivity contribution is 7.98. The van der Waals surface area contributed by atoms with E-state index in [1.54, 1.807) is 17.1 Å². The smallest absolute Gasteiger partial charge is 0.271 e. The van der Waals surface area contributed by atoms with Gasteiger partial charge in [-0.25, -0.2) is 4.98 Å². The van der Waals surface area contributed by atoms with E-state index in [1.807, 2.05) is 79.1 Å². The number of benzene rings is 2. The van der Waals surface area contributed by atoms with Crippen LogP contribution in [0.4, 0.5) is 0 Å². The summed E-state index contributed by atoms with van der Waals surface area (Å²) >= 11 is 3.04. The Balaban J connectivity index is 1.41. The Morgan fingerprint density at radius 3 is 2.53 bits per heavy atom. The van der Waals surface area contributed by atoms with Gasteiger partial charge in [-0.3, -0.25) is 9.36 Å². The largest absolute Gasteiger partial charge is 0.344 e. The van der Waals surface area contributed by atoms with Crippen molar-refractivity contribution in [2.24, 2.45) is 0 Å². The van der Waals surface area contributed by atoms with Crippen molar-refractivity contribution in [1.29, 1.82) is 0 Å².